The fourth-order valence-corrected chi connectivity index (χ4v) is 2.99. The van der Waals surface area contributed by atoms with E-state index < -0.39 is 0 Å². The summed E-state index contributed by atoms with van der Waals surface area (Å²) in [5.74, 6) is 0.761. The maximum Gasteiger partial charge on any atom is 0.235 e. The van der Waals surface area contributed by atoms with Crippen LogP contribution in [0.5, 0.6) is 0 Å². The first-order valence-electron chi connectivity index (χ1n) is 8.30. The van der Waals surface area contributed by atoms with Crippen molar-refractivity contribution in [1.29, 1.82) is 0 Å². The fraction of sp³-hybridized carbons (Fsp3) is 0.143. The van der Waals surface area contributed by atoms with E-state index in [2.05, 4.69) is 63.6 Å². The summed E-state index contributed by atoms with van der Waals surface area (Å²) in [4.78, 5) is 6.39. The molecule has 0 spiro atoms. The maximum atomic E-state index is 5.54. The van der Waals surface area contributed by atoms with Gasteiger partial charge in [0.05, 0.1) is 11.7 Å². The van der Waals surface area contributed by atoms with E-state index in [0.29, 0.717) is 0 Å². The van der Waals surface area contributed by atoms with Crippen molar-refractivity contribution >= 4 is 12.1 Å². The van der Waals surface area contributed by atoms with Crippen molar-refractivity contribution in [2.24, 2.45) is 4.99 Å². The monoisotopic (exact) mass is 329 g/mol. The second-order valence-corrected chi connectivity index (χ2v) is 6.13. The van der Waals surface area contributed by atoms with Gasteiger partial charge in [-0.15, -0.1) is 0 Å². The van der Waals surface area contributed by atoms with Crippen LogP contribution in [0.25, 0.3) is 11.1 Å². The summed E-state index contributed by atoms with van der Waals surface area (Å²) in [6, 6.07) is 18.9. The van der Waals surface area contributed by atoms with Crippen LogP contribution < -0.4 is 4.90 Å². The summed E-state index contributed by atoms with van der Waals surface area (Å²) in [7, 11) is 0. The van der Waals surface area contributed by atoms with E-state index in [-0.39, 0.29) is 6.04 Å². The van der Waals surface area contributed by atoms with Gasteiger partial charge < -0.3 is 9.42 Å². The van der Waals surface area contributed by atoms with Gasteiger partial charge in [-0.1, -0.05) is 59.8 Å². The van der Waals surface area contributed by atoms with Gasteiger partial charge in [-0.3, -0.25) is 4.99 Å². The van der Waals surface area contributed by atoms with E-state index in [4.69, 9.17) is 4.52 Å². The Hall–Kier alpha value is -3.14. The highest BCUT2D eigenvalue weighted by molar-refractivity contribution is 5.76. The Kier molecular flexibility index (Phi) is 3.94. The minimum atomic E-state index is -0.0131. The van der Waals surface area contributed by atoms with Crippen molar-refractivity contribution in [3.05, 3.63) is 83.8 Å². The average Bonchev–Trinajstić information content (AvgIpc) is 3.01. The predicted molar refractivity (Wildman–Crippen MR) is 101 cm³/mol. The Morgan fingerprint density at radius 3 is 2.32 bits per heavy atom. The van der Waals surface area contributed by atoms with Gasteiger partial charge >= 0.3 is 0 Å². The third-order valence-corrected chi connectivity index (χ3v) is 4.57. The minimum Gasteiger partial charge on any atom is -0.338 e. The first-order valence-corrected chi connectivity index (χ1v) is 8.30. The highest BCUT2D eigenvalue weighted by atomic mass is 16.5. The molecule has 2 aromatic carbocycles. The van der Waals surface area contributed by atoms with Crippen molar-refractivity contribution in [1.82, 2.24) is 5.16 Å². The molecule has 0 amide bonds. The van der Waals surface area contributed by atoms with Gasteiger partial charge in [0.15, 0.2) is 0 Å². The molecule has 4 rings (SSSR count). The van der Waals surface area contributed by atoms with E-state index in [1.807, 2.05) is 32.3 Å². The minimum absolute atomic E-state index is 0.0131. The number of aromatic nitrogens is 1. The van der Waals surface area contributed by atoms with Crippen LogP contribution in [0.2, 0.25) is 0 Å². The quantitative estimate of drug-likeness (QED) is 0.674. The topological polar surface area (TPSA) is 41.6 Å². The van der Waals surface area contributed by atoms with Crippen LogP contribution in [-0.2, 0) is 0 Å². The zero-order chi connectivity index (χ0) is 17.2. The Labute approximate surface area is 147 Å². The molecule has 0 N–H and O–H groups in total. The summed E-state index contributed by atoms with van der Waals surface area (Å²) >= 11 is 0. The molecule has 1 aromatic heterocycles. The van der Waals surface area contributed by atoms with E-state index in [9.17, 15) is 0 Å². The molecule has 0 saturated heterocycles. The van der Waals surface area contributed by atoms with Crippen LogP contribution >= 0.6 is 0 Å². The molecule has 0 fully saturated rings. The number of hydrogen-bond donors (Lipinski definition) is 0. The van der Waals surface area contributed by atoms with Gasteiger partial charge in [-0.05, 0) is 30.5 Å². The van der Waals surface area contributed by atoms with Gasteiger partial charge in [0.25, 0.3) is 0 Å². The van der Waals surface area contributed by atoms with E-state index in [0.717, 1.165) is 22.7 Å². The lowest BCUT2D eigenvalue weighted by Gasteiger charge is -2.27. The number of nitrogens with zero attached hydrogens (tertiary/aromatic N) is 3. The maximum absolute atomic E-state index is 5.54. The molecule has 2 heterocycles. The largest absolute Gasteiger partial charge is 0.338 e. The van der Waals surface area contributed by atoms with Gasteiger partial charge in [0.2, 0.25) is 5.88 Å². The Morgan fingerprint density at radius 2 is 1.64 bits per heavy atom. The van der Waals surface area contributed by atoms with E-state index >= 15 is 0 Å². The summed E-state index contributed by atoms with van der Waals surface area (Å²) in [5.41, 5.74) is 5.52. The third kappa shape index (κ3) is 2.87. The van der Waals surface area contributed by atoms with Crippen molar-refractivity contribution in [3.8, 4) is 11.1 Å². The second kappa shape index (κ2) is 6.40. The molecular formula is C21H19N3O. The van der Waals surface area contributed by atoms with Crippen molar-refractivity contribution in [3.63, 3.8) is 0 Å². The SMILES string of the molecule is Cc1noc(N2C=CN=CC2c2ccc(-c3ccccc3)cc2)c1C. The first kappa shape index (κ1) is 15.4. The summed E-state index contributed by atoms with van der Waals surface area (Å²) < 4.78 is 5.54. The molecule has 4 heteroatoms. The first-order chi connectivity index (χ1) is 12.2. The zero-order valence-corrected chi connectivity index (χ0v) is 14.3. The van der Waals surface area contributed by atoms with Gasteiger partial charge in [-0.25, -0.2) is 0 Å². The molecule has 1 aliphatic rings. The number of aliphatic imine (C=N–C) groups is 1. The molecular weight excluding hydrogens is 310 g/mol. The zero-order valence-electron chi connectivity index (χ0n) is 14.3. The molecule has 0 saturated carbocycles. The van der Waals surface area contributed by atoms with Crippen molar-refractivity contribution < 1.29 is 4.52 Å². The Balaban J connectivity index is 1.67. The fourth-order valence-electron chi connectivity index (χ4n) is 2.99. The normalized spacial score (nSPS) is 16.4. The predicted octanol–water partition coefficient (Wildman–Crippen LogP) is 5.06. The molecule has 3 aromatic rings. The lowest BCUT2D eigenvalue weighted by molar-refractivity contribution is 0.415. The molecule has 1 aliphatic heterocycles. The van der Waals surface area contributed by atoms with E-state index in [1.165, 1.54) is 11.1 Å². The number of rotatable bonds is 3. The van der Waals surface area contributed by atoms with Crippen molar-refractivity contribution in [2.45, 2.75) is 19.9 Å². The van der Waals surface area contributed by atoms with Crippen LogP contribution in [0.15, 0.2) is 76.5 Å². The van der Waals surface area contributed by atoms with Crippen LogP contribution in [-0.4, -0.2) is 11.4 Å². The molecule has 1 unspecified atom stereocenters. The van der Waals surface area contributed by atoms with Gasteiger partial charge in [0.1, 0.15) is 0 Å². The van der Waals surface area contributed by atoms with Gasteiger partial charge in [0, 0.05) is 24.2 Å². The second-order valence-electron chi connectivity index (χ2n) is 6.13. The number of aryl methyl sites for hydroxylation is 1. The van der Waals surface area contributed by atoms with Crippen LogP contribution in [0, 0.1) is 13.8 Å². The van der Waals surface area contributed by atoms with E-state index in [1.54, 1.807) is 6.20 Å². The molecule has 1 atom stereocenters. The van der Waals surface area contributed by atoms with Crippen LogP contribution in [0.3, 0.4) is 0 Å². The molecule has 0 aliphatic carbocycles. The molecule has 0 radical (unpaired) electrons. The summed E-state index contributed by atoms with van der Waals surface area (Å²) in [6.07, 6.45) is 5.63. The van der Waals surface area contributed by atoms with Crippen molar-refractivity contribution in [2.75, 3.05) is 4.90 Å². The highest BCUT2D eigenvalue weighted by Crippen LogP contribution is 2.33. The highest BCUT2D eigenvalue weighted by Gasteiger charge is 2.24. The van der Waals surface area contributed by atoms with Gasteiger partial charge in [-0.2, -0.15) is 0 Å². The Morgan fingerprint density at radius 1 is 0.920 bits per heavy atom. The summed E-state index contributed by atoms with van der Waals surface area (Å²) in [5, 5.41) is 4.08. The molecule has 4 nitrogen and oxygen atoms in total. The summed E-state index contributed by atoms with van der Waals surface area (Å²) in [6.45, 7) is 3.98. The number of benzene rings is 2. The van der Waals surface area contributed by atoms with Crippen LogP contribution in [0.4, 0.5) is 5.88 Å². The molecule has 0 bridgehead atoms. The lowest BCUT2D eigenvalue weighted by Crippen LogP contribution is -2.26. The standard InChI is InChI=1S/C21H19N3O/c1-15-16(2)23-25-21(15)24-13-12-22-14-20(24)19-10-8-18(9-11-19)17-6-4-3-5-7-17/h3-14,20H,1-2H3. The average molecular weight is 329 g/mol. The molecule has 25 heavy (non-hydrogen) atoms. The number of hydrogen-bond acceptors (Lipinski definition) is 4. The molecule has 124 valence electrons. The third-order valence-electron chi connectivity index (χ3n) is 4.57. The number of anilines is 1. The Bertz CT molecular complexity index is 924. The smallest absolute Gasteiger partial charge is 0.235 e. The lowest BCUT2D eigenvalue weighted by atomic mass is 10.00. The van der Waals surface area contributed by atoms with Crippen LogP contribution in [0.1, 0.15) is 22.9 Å².